The van der Waals surface area contributed by atoms with Crippen LogP contribution in [0.4, 0.5) is 0 Å². The van der Waals surface area contributed by atoms with Gasteiger partial charge in [-0.05, 0) is 0 Å². The Morgan fingerprint density at radius 1 is 1.25 bits per heavy atom. The summed E-state index contributed by atoms with van der Waals surface area (Å²) in [4.78, 5) is 20.1. The van der Waals surface area contributed by atoms with Gasteiger partial charge in [-0.2, -0.15) is 0 Å². The van der Waals surface area contributed by atoms with E-state index in [1.807, 2.05) is 0 Å². The van der Waals surface area contributed by atoms with Gasteiger partial charge in [-0.25, -0.2) is 9.59 Å². The van der Waals surface area contributed by atoms with E-state index in [9.17, 15) is 9.59 Å². The van der Waals surface area contributed by atoms with Crippen LogP contribution in [0.5, 0.6) is 0 Å². The third kappa shape index (κ3) is 4.03. The molecule has 0 radical (unpaired) electrons. The predicted octanol–water partition coefficient (Wildman–Crippen LogP) is -2.12. The molecule has 0 saturated heterocycles. The van der Waals surface area contributed by atoms with Crippen LogP contribution in [0.15, 0.2) is 0 Å². The maximum atomic E-state index is 10.1. The number of aliphatic carboxylic acids is 2. The average molecular weight is 188 g/mol. The summed E-state index contributed by atoms with van der Waals surface area (Å²) >= 11 is 0. The summed E-state index contributed by atoms with van der Waals surface area (Å²) in [5.41, 5.74) is 0. The van der Waals surface area contributed by atoms with Crippen molar-refractivity contribution in [3.05, 3.63) is 0 Å². The van der Waals surface area contributed by atoms with Crippen molar-refractivity contribution in [2.45, 2.75) is 12.2 Å². The number of carboxylic acids is 2. The molecule has 0 amide bonds. The second kappa shape index (κ2) is 6.38. The van der Waals surface area contributed by atoms with Gasteiger partial charge in [-0.3, -0.25) is 0 Å². The van der Waals surface area contributed by atoms with Crippen molar-refractivity contribution in [3.8, 4) is 0 Å². The summed E-state index contributed by atoms with van der Waals surface area (Å²) in [6.07, 6.45) is -3.75. The fourth-order valence-electron chi connectivity index (χ4n) is 0.494. The van der Waals surface area contributed by atoms with Gasteiger partial charge in [-0.15, -0.1) is 0 Å². The Balaban J connectivity index is 0. The normalized spacial score (nSPS) is 14.2. The van der Waals surface area contributed by atoms with Crippen LogP contribution < -0.4 is 0 Å². The molecule has 0 bridgehead atoms. The number of hydrogen-bond acceptors (Lipinski definition) is 4. The number of carboxylic acid groups (broad SMARTS) is 2. The number of carbonyl (C=O) groups is 2. The van der Waals surface area contributed by atoms with Crippen molar-refractivity contribution in [1.29, 1.82) is 0 Å². The van der Waals surface area contributed by atoms with Gasteiger partial charge >= 0.3 is 41.5 Å². The van der Waals surface area contributed by atoms with E-state index in [0.29, 0.717) is 0 Å². The van der Waals surface area contributed by atoms with Crippen LogP contribution in [0.2, 0.25) is 0 Å². The molecule has 0 spiro atoms. The molecule has 2 unspecified atom stereocenters. The molecule has 0 fully saturated rings. The Hall–Kier alpha value is -0.140. The van der Waals surface area contributed by atoms with Crippen molar-refractivity contribution < 1.29 is 29.6 Å². The molecule has 0 saturated carbocycles. The molecule has 6 nitrogen and oxygen atoms in total. The molecule has 0 aliphatic heterocycles. The Morgan fingerprint density at radius 3 is 1.75 bits per heavy atom. The molecule has 12 heavy (non-hydrogen) atoms. The molecule has 0 aromatic carbocycles. The van der Waals surface area contributed by atoms with Gasteiger partial charge in [-0.1, -0.05) is 0 Å². The summed E-state index contributed by atoms with van der Waals surface area (Å²) in [6, 6.07) is 0. The third-order valence-electron chi connectivity index (χ3n) is 1.04. The van der Waals surface area contributed by atoms with E-state index in [4.69, 9.17) is 15.3 Å². The van der Waals surface area contributed by atoms with E-state index < -0.39 is 24.1 Å². The molecular weight excluding hydrogens is 179 g/mol. The van der Waals surface area contributed by atoms with Gasteiger partial charge in [0.2, 0.25) is 0 Å². The number of methoxy groups -OCH3 is 1. The fourth-order valence-corrected chi connectivity index (χ4v) is 0.494. The molecule has 0 heterocycles. The zero-order chi connectivity index (χ0) is 9.02. The van der Waals surface area contributed by atoms with E-state index in [-0.39, 0.29) is 29.6 Å². The Morgan fingerprint density at radius 2 is 1.67 bits per heavy atom. The van der Waals surface area contributed by atoms with E-state index >= 15 is 0 Å². The van der Waals surface area contributed by atoms with Gasteiger partial charge < -0.3 is 20.1 Å². The summed E-state index contributed by atoms with van der Waals surface area (Å²) < 4.78 is 4.20. The number of ether oxygens (including phenoxy) is 1. The Labute approximate surface area is 90.4 Å². The van der Waals surface area contributed by atoms with Crippen LogP contribution in [0.1, 0.15) is 0 Å². The van der Waals surface area contributed by atoms with E-state index in [2.05, 4.69) is 4.74 Å². The van der Waals surface area contributed by atoms with E-state index in [0.717, 1.165) is 7.11 Å². The van der Waals surface area contributed by atoms with Crippen molar-refractivity contribution in [2.24, 2.45) is 0 Å². The molecule has 0 aromatic heterocycles. The van der Waals surface area contributed by atoms with Gasteiger partial charge in [0.25, 0.3) is 0 Å². The van der Waals surface area contributed by atoms with Crippen LogP contribution >= 0.6 is 0 Å². The van der Waals surface area contributed by atoms with Crippen LogP contribution in [0.25, 0.3) is 0 Å². The first-order chi connectivity index (χ1) is 5.00. The summed E-state index contributed by atoms with van der Waals surface area (Å²) in [5, 5.41) is 25.0. The first kappa shape index (κ1) is 14.4. The number of aliphatic hydroxyl groups is 1. The molecular formula is C5H9NaO6. The van der Waals surface area contributed by atoms with Crippen LogP contribution in [0.3, 0.4) is 0 Å². The molecule has 0 rings (SSSR count). The maximum absolute atomic E-state index is 10.1. The molecule has 0 aliphatic carbocycles. The second-order valence-electron chi connectivity index (χ2n) is 1.78. The standard InChI is InChI=1S/C5H8O6.Na.H/c1-11-3(5(9)10)2(6)4(7)8;;/h2-3,6H,1H3,(H,7,8)(H,9,10);;. The van der Waals surface area contributed by atoms with Gasteiger partial charge in [0, 0.05) is 7.11 Å². The van der Waals surface area contributed by atoms with Gasteiger partial charge in [0.1, 0.15) is 0 Å². The Kier molecular flexibility index (Phi) is 7.65. The number of aliphatic hydroxyl groups excluding tert-OH is 1. The molecule has 66 valence electrons. The first-order valence-corrected chi connectivity index (χ1v) is 2.67. The van der Waals surface area contributed by atoms with Crippen LogP contribution in [-0.2, 0) is 14.3 Å². The van der Waals surface area contributed by atoms with Gasteiger partial charge in [0.05, 0.1) is 0 Å². The van der Waals surface area contributed by atoms with Crippen LogP contribution in [0, 0.1) is 0 Å². The van der Waals surface area contributed by atoms with Gasteiger partial charge in [0.15, 0.2) is 12.2 Å². The molecule has 3 N–H and O–H groups in total. The Bertz CT molecular complexity index is 169. The third-order valence-corrected chi connectivity index (χ3v) is 1.04. The predicted molar refractivity (Wildman–Crippen MR) is 39.2 cm³/mol. The van der Waals surface area contributed by atoms with Crippen LogP contribution in [-0.4, -0.2) is 76.1 Å². The van der Waals surface area contributed by atoms with Crippen molar-refractivity contribution in [1.82, 2.24) is 0 Å². The molecule has 7 heteroatoms. The SMILES string of the molecule is COC(C(=O)O)C(O)C(=O)O.[NaH]. The zero-order valence-electron chi connectivity index (χ0n) is 5.72. The summed E-state index contributed by atoms with van der Waals surface area (Å²) in [7, 11) is 1.00. The second-order valence-corrected chi connectivity index (χ2v) is 1.78. The zero-order valence-corrected chi connectivity index (χ0v) is 5.72. The summed E-state index contributed by atoms with van der Waals surface area (Å²) in [6.45, 7) is 0. The minimum atomic E-state index is -2.03. The minimum absolute atomic E-state index is 0. The molecule has 0 aromatic rings. The molecule has 0 aliphatic rings. The fraction of sp³-hybridized carbons (Fsp3) is 0.600. The van der Waals surface area contributed by atoms with Crippen molar-refractivity contribution in [2.75, 3.05) is 7.11 Å². The molecule has 2 atom stereocenters. The quantitative estimate of drug-likeness (QED) is 0.436. The average Bonchev–Trinajstić information content (AvgIpc) is 1.88. The topological polar surface area (TPSA) is 104 Å². The monoisotopic (exact) mass is 188 g/mol. The number of hydrogen-bond donors (Lipinski definition) is 3. The van der Waals surface area contributed by atoms with Crippen molar-refractivity contribution in [3.63, 3.8) is 0 Å². The first-order valence-electron chi connectivity index (χ1n) is 2.67. The van der Waals surface area contributed by atoms with E-state index in [1.54, 1.807) is 0 Å². The number of rotatable bonds is 4. The van der Waals surface area contributed by atoms with Crippen molar-refractivity contribution >= 4 is 41.5 Å². The summed E-state index contributed by atoms with van der Waals surface area (Å²) in [5.74, 6) is -3.14. The van der Waals surface area contributed by atoms with E-state index in [1.165, 1.54) is 0 Å².